The van der Waals surface area contributed by atoms with Crippen LogP contribution in [0.2, 0.25) is 0 Å². The van der Waals surface area contributed by atoms with Gasteiger partial charge in [-0.1, -0.05) is 18.2 Å². The Hall–Kier alpha value is -2.75. The van der Waals surface area contributed by atoms with Crippen molar-refractivity contribution in [1.82, 2.24) is 9.30 Å². The van der Waals surface area contributed by atoms with E-state index in [-0.39, 0.29) is 5.91 Å². The van der Waals surface area contributed by atoms with Crippen LogP contribution in [0.5, 0.6) is 0 Å². The van der Waals surface area contributed by atoms with Gasteiger partial charge in [0.25, 0.3) is 5.91 Å². The fraction of sp³-hybridized carbons (Fsp3) is 0.318. The zero-order valence-electron chi connectivity index (χ0n) is 15.4. The first-order chi connectivity index (χ1) is 12.6. The van der Waals surface area contributed by atoms with Crippen LogP contribution in [0.25, 0.3) is 5.52 Å². The summed E-state index contributed by atoms with van der Waals surface area (Å²) >= 11 is 0. The van der Waals surface area contributed by atoms with Crippen LogP contribution in [0.1, 0.15) is 36.5 Å². The Morgan fingerprint density at radius 3 is 2.58 bits per heavy atom. The molecular weight excluding hydrogens is 322 g/mol. The minimum Gasteiger partial charge on any atom is -0.336 e. The van der Waals surface area contributed by atoms with Crippen LogP contribution < -0.4 is 4.90 Å². The number of hydrogen-bond donors (Lipinski definition) is 0. The lowest BCUT2D eigenvalue weighted by atomic mass is 10.0. The molecule has 4 heteroatoms. The third kappa shape index (κ3) is 2.96. The molecule has 1 aliphatic heterocycles. The number of hydrogen-bond acceptors (Lipinski definition) is 2. The minimum atomic E-state index is 0.140. The second-order valence-electron chi connectivity index (χ2n) is 7.14. The molecule has 1 fully saturated rings. The van der Waals surface area contributed by atoms with Crippen molar-refractivity contribution in [3.8, 4) is 0 Å². The van der Waals surface area contributed by atoms with Gasteiger partial charge in [-0.05, 0) is 62.6 Å². The molecule has 4 rings (SSSR count). The predicted octanol–water partition coefficient (Wildman–Crippen LogP) is 4.72. The van der Waals surface area contributed by atoms with Crippen LogP contribution in [0, 0.1) is 0 Å². The van der Waals surface area contributed by atoms with Crippen molar-refractivity contribution in [1.29, 1.82) is 0 Å². The number of rotatable bonds is 3. The molecule has 1 saturated heterocycles. The molecule has 3 heterocycles. The highest BCUT2D eigenvalue weighted by Gasteiger charge is 2.24. The van der Waals surface area contributed by atoms with Gasteiger partial charge in [-0.25, -0.2) is 0 Å². The number of fused-ring (bicyclic) bond motifs is 1. The molecule has 0 radical (unpaired) electrons. The summed E-state index contributed by atoms with van der Waals surface area (Å²) in [6, 6.07) is 18.8. The number of benzene rings is 1. The summed E-state index contributed by atoms with van der Waals surface area (Å²) in [5.74, 6) is 1.19. The number of carbonyl (C=O) groups is 1. The molecule has 0 bridgehead atoms. The summed E-state index contributed by atoms with van der Waals surface area (Å²) in [5.41, 5.74) is 2.96. The molecule has 0 saturated carbocycles. The number of aromatic nitrogens is 1. The van der Waals surface area contributed by atoms with Gasteiger partial charge >= 0.3 is 0 Å². The maximum Gasteiger partial charge on any atom is 0.255 e. The lowest BCUT2D eigenvalue weighted by Crippen LogP contribution is -2.42. The topological polar surface area (TPSA) is 28.0 Å². The number of carbonyl (C=O) groups excluding carboxylic acids is 1. The monoisotopic (exact) mass is 347 g/mol. The van der Waals surface area contributed by atoms with Crippen LogP contribution in [-0.4, -0.2) is 34.8 Å². The quantitative estimate of drug-likeness (QED) is 0.685. The molecule has 134 valence electrons. The van der Waals surface area contributed by atoms with Crippen molar-refractivity contribution in [2.45, 2.75) is 32.2 Å². The van der Waals surface area contributed by atoms with E-state index in [1.165, 1.54) is 6.42 Å². The largest absolute Gasteiger partial charge is 0.336 e. The van der Waals surface area contributed by atoms with E-state index in [1.54, 1.807) is 0 Å². The van der Waals surface area contributed by atoms with Crippen LogP contribution in [0.15, 0.2) is 60.8 Å². The van der Waals surface area contributed by atoms with E-state index in [2.05, 4.69) is 47.5 Å². The molecule has 0 aliphatic carbocycles. The third-order valence-electron chi connectivity index (χ3n) is 5.43. The van der Waals surface area contributed by atoms with E-state index < -0.39 is 0 Å². The standard InChI is InChI=1S/C22H25N3O/c1-17-8-6-7-15-24(17)22(26)18-11-12-20-13-14-21(25(20)16-18)23(2)19-9-4-3-5-10-19/h3-5,9-14,16-17H,6-8,15H2,1-2H3/t17-/m1/s1. The Labute approximate surface area is 154 Å². The molecule has 0 spiro atoms. The number of amides is 1. The van der Waals surface area contributed by atoms with Crippen molar-refractivity contribution in [3.05, 3.63) is 66.4 Å². The fourth-order valence-electron chi connectivity index (χ4n) is 3.84. The zero-order chi connectivity index (χ0) is 18.1. The lowest BCUT2D eigenvalue weighted by molar-refractivity contribution is 0.0635. The van der Waals surface area contributed by atoms with Crippen molar-refractivity contribution in [2.24, 2.45) is 0 Å². The molecule has 1 aliphatic rings. The first kappa shape index (κ1) is 16.7. The summed E-state index contributed by atoms with van der Waals surface area (Å²) in [7, 11) is 2.05. The second kappa shape index (κ2) is 6.87. The van der Waals surface area contributed by atoms with Crippen LogP contribution in [-0.2, 0) is 0 Å². The molecule has 4 nitrogen and oxygen atoms in total. The van der Waals surface area contributed by atoms with Gasteiger partial charge in [-0.15, -0.1) is 0 Å². The maximum atomic E-state index is 13.0. The molecule has 1 aromatic carbocycles. The summed E-state index contributed by atoms with van der Waals surface area (Å²) < 4.78 is 2.11. The molecule has 0 unspecified atom stereocenters. The Balaban J connectivity index is 1.69. The Morgan fingerprint density at radius 1 is 1.04 bits per heavy atom. The molecule has 1 atom stereocenters. The SMILES string of the molecule is C[C@@H]1CCCCN1C(=O)c1ccc2ccc(N(C)c3ccccc3)n2c1. The lowest BCUT2D eigenvalue weighted by Gasteiger charge is -2.33. The first-order valence-corrected chi connectivity index (χ1v) is 9.36. The van der Waals surface area contributed by atoms with E-state index in [0.717, 1.165) is 42.0 Å². The van der Waals surface area contributed by atoms with Crippen molar-refractivity contribution < 1.29 is 4.79 Å². The van der Waals surface area contributed by atoms with Gasteiger partial charge in [0.2, 0.25) is 0 Å². The fourth-order valence-corrected chi connectivity index (χ4v) is 3.84. The van der Waals surface area contributed by atoms with E-state index in [0.29, 0.717) is 6.04 Å². The van der Waals surface area contributed by atoms with Crippen molar-refractivity contribution >= 4 is 22.9 Å². The highest BCUT2D eigenvalue weighted by molar-refractivity contribution is 5.94. The Kier molecular flexibility index (Phi) is 4.41. The summed E-state index contributed by atoms with van der Waals surface area (Å²) in [6.07, 6.45) is 5.39. The van der Waals surface area contributed by atoms with E-state index in [1.807, 2.05) is 41.4 Å². The number of anilines is 2. The Morgan fingerprint density at radius 2 is 1.81 bits per heavy atom. The van der Waals surface area contributed by atoms with Gasteiger partial charge in [0, 0.05) is 37.0 Å². The van der Waals surface area contributed by atoms with Crippen molar-refractivity contribution in [2.75, 3.05) is 18.5 Å². The van der Waals surface area contributed by atoms with Crippen LogP contribution in [0.3, 0.4) is 0 Å². The van der Waals surface area contributed by atoms with Gasteiger partial charge in [0.1, 0.15) is 5.82 Å². The average molecular weight is 347 g/mol. The molecule has 26 heavy (non-hydrogen) atoms. The summed E-state index contributed by atoms with van der Waals surface area (Å²) in [5, 5.41) is 0. The molecule has 1 amide bonds. The van der Waals surface area contributed by atoms with Crippen LogP contribution in [0.4, 0.5) is 11.5 Å². The van der Waals surface area contributed by atoms with E-state index in [9.17, 15) is 4.79 Å². The Bertz CT molecular complexity index is 916. The van der Waals surface area contributed by atoms with Gasteiger partial charge < -0.3 is 14.2 Å². The van der Waals surface area contributed by atoms with Gasteiger partial charge in [-0.3, -0.25) is 4.79 Å². The van der Waals surface area contributed by atoms with E-state index in [4.69, 9.17) is 0 Å². The predicted molar refractivity (Wildman–Crippen MR) is 106 cm³/mol. The number of likely N-dealkylation sites (tertiary alicyclic amines) is 1. The number of piperidine rings is 1. The molecular formula is C22H25N3O. The van der Waals surface area contributed by atoms with Crippen LogP contribution >= 0.6 is 0 Å². The zero-order valence-corrected chi connectivity index (χ0v) is 15.4. The van der Waals surface area contributed by atoms with Gasteiger partial charge in [-0.2, -0.15) is 0 Å². The average Bonchev–Trinajstić information content (AvgIpc) is 3.11. The normalized spacial score (nSPS) is 17.5. The maximum absolute atomic E-state index is 13.0. The highest BCUT2D eigenvalue weighted by Crippen LogP contribution is 2.27. The number of nitrogens with zero attached hydrogens (tertiary/aromatic N) is 3. The first-order valence-electron chi connectivity index (χ1n) is 9.36. The highest BCUT2D eigenvalue weighted by atomic mass is 16.2. The number of para-hydroxylation sites is 1. The molecule has 3 aromatic rings. The second-order valence-corrected chi connectivity index (χ2v) is 7.14. The molecule has 2 aromatic heterocycles. The summed E-state index contributed by atoms with van der Waals surface area (Å²) in [6.45, 7) is 3.01. The molecule has 0 N–H and O–H groups in total. The van der Waals surface area contributed by atoms with Crippen molar-refractivity contribution in [3.63, 3.8) is 0 Å². The minimum absolute atomic E-state index is 0.140. The smallest absolute Gasteiger partial charge is 0.255 e. The third-order valence-corrected chi connectivity index (χ3v) is 5.43. The summed E-state index contributed by atoms with van der Waals surface area (Å²) in [4.78, 5) is 17.2. The van der Waals surface area contributed by atoms with E-state index >= 15 is 0 Å². The van der Waals surface area contributed by atoms with Gasteiger partial charge in [0.05, 0.1) is 5.56 Å². The number of pyridine rings is 1. The van der Waals surface area contributed by atoms with Gasteiger partial charge in [0.15, 0.2) is 0 Å².